The van der Waals surface area contributed by atoms with Gasteiger partial charge in [-0.3, -0.25) is 18.4 Å². The highest BCUT2D eigenvalue weighted by Gasteiger charge is 2.38. The molecule has 0 bridgehead atoms. The SMILES string of the molecule is COc1c2c(c(OC)c3c1SC(=c1c(C)c(C#N)c4nc5ccccc5n4c1=O)S3)SC(=c1c(C)c(C#N)c3nc4c(n3c1=O)C=CCC4)S2. The fourth-order valence-electron chi connectivity index (χ4n) is 6.88. The number of aryl methyl sites for hydroxylation is 1. The quantitative estimate of drug-likeness (QED) is 0.221. The molecule has 14 heteroatoms. The van der Waals surface area contributed by atoms with Crippen molar-refractivity contribution >= 4 is 83.9 Å². The number of pyridine rings is 2. The number of rotatable bonds is 2. The Morgan fingerprint density at radius 1 is 0.760 bits per heavy atom. The number of imidazole rings is 2. The molecular formula is C36H22N6O4S4. The van der Waals surface area contributed by atoms with Crippen LogP contribution in [-0.4, -0.2) is 33.0 Å². The molecule has 0 amide bonds. The number of hydrogen-bond acceptors (Lipinski definition) is 12. The van der Waals surface area contributed by atoms with E-state index in [0.717, 1.165) is 41.6 Å². The summed E-state index contributed by atoms with van der Waals surface area (Å²) in [7, 11) is 3.20. The lowest BCUT2D eigenvalue weighted by Crippen LogP contribution is -2.35. The predicted molar refractivity (Wildman–Crippen MR) is 197 cm³/mol. The Hall–Kier alpha value is -4.86. The van der Waals surface area contributed by atoms with Crippen molar-refractivity contribution in [3.05, 3.63) is 95.1 Å². The van der Waals surface area contributed by atoms with Gasteiger partial charge in [-0.15, -0.1) is 0 Å². The highest BCUT2D eigenvalue weighted by molar-refractivity contribution is 8.33. The Balaban J connectivity index is 1.27. The van der Waals surface area contributed by atoms with Gasteiger partial charge in [0.05, 0.1) is 86.3 Å². The van der Waals surface area contributed by atoms with Crippen LogP contribution >= 0.6 is 47.0 Å². The average Bonchev–Trinajstić information content (AvgIpc) is 3.90. The molecule has 0 radical (unpaired) electrons. The Morgan fingerprint density at radius 2 is 1.28 bits per heavy atom. The third-order valence-corrected chi connectivity index (χ3v) is 14.4. The van der Waals surface area contributed by atoms with Gasteiger partial charge in [-0.25, -0.2) is 9.97 Å². The Labute approximate surface area is 300 Å². The molecule has 0 N–H and O–H groups in total. The lowest BCUT2D eigenvalue weighted by atomic mass is 10.1. The average molecular weight is 731 g/mol. The van der Waals surface area contributed by atoms with Crippen molar-refractivity contribution in [2.75, 3.05) is 14.2 Å². The summed E-state index contributed by atoms with van der Waals surface area (Å²) in [5.41, 5.74) is 4.94. The number of methoxy groups -OCH3 is 2. The number of nitriles is 2. The van der Waals surface area contributed by atoms with Gasteiger partial charge in [0.25, 0.3) is 11.1 Å². The van der Waals surface area contributed by atoms with Crippen molar-refractivity contribution in [2.45, 2.75) is 46.3 Å². The second-order valence-electron chi connectivity index (χ2n) is 11.8. The zero-order valence-corrected chi connectivity index (χ0v) is 30.1. The summed E-state index contributed by atoms with van der Waals surface area (Å²) in [6.07, 6.45) is 5.48. The molecule has 9 rings (SSSR count). The number of thioether (sulfide) groups is 4. The molecule has 6 aromatic rings. The van der Waals surface area contributed by atoms with E-state index in [2.05, 4.69) is 17.1 Å². The molecule has 6 heterocycles. The molecule has 4 aromatic heterocycles. The van der Waals surface area contributed by atoms with Crippen molar-refractivity contribution in [2.24, 2.45) is 0 Å². The Bertz CT molecular complexity index is 2910. The molecule has 0 unspecified atom stereocenters. The lowest BCUT2D eigenvalue weighted by Gasteiger charge is -2.14. The van der Waals surface area contributed by atoms with Crippen molar-refractivity contribution in [1.82, 2.24) is 18.8 Å². The van der Waals surface area contributed by atoms with E-state index in [9.17, 15) is 20.1 Å². The summed E-state index contributed by atoms with van der Waals surface area (Å²) in [5.74, 6) is 1.20. The zero-order chi connectivity index (χ0) is 34.6. The highest BCUT2D eigenvalue weighted by atomic mass is 32.2. The number of benzene rings is 2. The minimum absolute atomic E-state index is 0.224. The van der Waals surface area contributed by atoms with Crippen LogP contribution in [0.2, 0.25) is 0 Å². The van der Waals surface area contributed by atoms with Crippen LogP contribution in [0.4, 0.5) is 0 Å². The van der Waals surface area contributed by atoms with E-state index >= 15 is 0 Å². The first-order valence-electron chi connectivity index (χ1n) is 15.4. The fraction of sp³-hybridized carbons (Fsp3) is 0.167. The Morgan fingerprint density at radius 3 is 1.82 bits per heavy atom. The van der Waals surface area contributed by atoms with E-state index in [0.29, 0.717) is 77.2 Å². The molecule has 1 aliphatic carbocycles. The molecule has 2 aromatic carbocycles. The van der Waals surface area contributed by atoms with E-state index < -0.39 is 0 Å². The van der Waals surface area contributed by atoms with Crippen LogP contribution in [0.5, 0.6) is 11.5 Å². The normalized spacial score (nSPS) is 14.7. The molecule has 50 heavy (non-hydrogen) atoms. The minimum Gasteiger partial charge on any atom is -0.494 e. The second-order valence-corrected chi connectivity index (χ2v) is 16.4. The summed E-state index contributed by atoms with van der Waals surface area (Å²) >= 11 is 5.63. The number of aromatic nitrogens is 4. The summed E-state index contributed by atoms with van der Waals surface area (Å²) < 4.78 is 16.7. The number of hydrogen-bond donors (Lipinski definition) is 0. The van der Waals surface area contributed by atoms with E-state index in [4.69, 9.17) is 14.5 Å². The summed E-state index contributed by atoms with van der Waals surface area (Å²) in [5, 5.41) is 21.3. The number of fused-ring (bicyclic) bond motifs is 8. The molecular weight excluding hydrogens is 709 g/mol. The Kier molecular flexibility index (Phi) is 7.06. The number of allylic oxidation sites excluding steroid dienone is 1. The molecule has 0 spiro atoms. The maximum Gasteiger partial charge on any atom is 0.266 e. The molecule has 0 fully saturated rings. The monoisotopic (exact) mass is 730 g/mol. The van der Waals surface area contributed by atoms with Gasteiger partial charge in [0.1, 0.15) is 23.6 Å². The smallest absolute Gasteiger partial charge is 0.266 e. The summed E-state index contributed by atoms with van der Waals surface area (Å²) in [4.78, 5) is 41.0. The molecule has 0 saturated carbocycles. The van der Waals surface area contributed by atoms with Crippen LogP contribution in [0.3, 0.4) is 0 Å². The first-order valence-corrected chi connectivity index (χ1v) is 18.7. The van der Waals surface area contributed by atoms with Crippen LogP contribution in [0.25, 0.3) is 36.9 Å². The molecule has 3 aliphatic rings. The first kappa shape index (κ1) is 31.1. The molecule has 0 saturated heterocycles. The van der Waals surface area contributed by atoms with Crippen molar-refractivity contribution in [3.63, 3.8) is 0 Å². The van der Waals surface area contributed by atoms with E-state index in [-0.39, 0.29) is 11.1 Å². The van der Waals surface area contributed by atoms with E-state index in [1.165, 1.54) is 51.4 Å². The van der Waals surface area contributed by atoms with Gasteiger partial charge < -0.3 is 9.47 Å². The van der Waals surface area contributed by atoms with Gasteiger partial charge in [-0.2, -0.15) is 10.5 Å². The third-order valence-electron chi connectivity index (χ3n) is 9.21. The van der Waals surface area contributed by atoms with Gasteiger partial charge in [-0.1, -0.05) is 65.3 Å². The van der Waals surface area contributed by atoms with Crippen LogP contribution in [0, 0.1) is 36.5 Å². The lowest BCUT2D eigenvalue weighted by molar-refractivity contribution is 0.365. The van der Waals surface area contributed by atoms with E-state index in [1.54, 1.807) is 32.5 Å². The molecule has 2 aliphatic heterocycles. The van der Waals surface area contributed by atoms with Gasteiger partial charge in [0.2, 0.25) is 0 Å². The number of nitrogens with zero attached hydrogens (tertiary/aromatic N) is 6. The summed E-state index contributed by atoms with van der Waals surface area (Å²) in [6, 6.07) is 12.0. The van der Waals surface area contributed by atoms with Gasteiger partial charge in [0.15, 0.2) is 11.3 Å². The number of para-hydroxylation sites is 2. The van der Waals surface area contributed by atoms with Gasteiger partial charge in [-0.05, 0) is 56.0 Å². The standard InChI is InChI=1S/C36H22N6O4S4/c1-15-17(13-37)31-39-19-9-5-7-11-21(19)41(31)33(43)23(15)35-47-27-25(45-3)29-30(26(46-4)28(27)48-35)50-36(49-29)24-16(2)18(14-38)32-40-20-10-6-8-12-22(20)42(32)34(24)44/h5,7-9,11-12H,6,10H2,1-4H3. The minimum atomic E-state index is -0.253. The molecule has 0 atom stereocenters. The predicted octanol–water partition coefficient (Wildman–Crippen LogP) is 5.56. The van der Waals surface area contributed by atoms with E-state index in [1.807, 2.05) is 36.4 Å². The van der Waals surface area contributed by atoms with Crippen LogP contribution in [-0.2, 0) is 6.42 Å². The molecule has 10 nitrogen and oxygen atoms in total. The van der Waals surface area contributed by atoms with Crippen molar-refractivity contribution < 1.29 is 9.47 Å². The third kappa shape index (κ3) is 4.07. The summed E-state index contributed by atoms with van der Waals surface area (Å²) in [6.45, 7) is 3.59. The van der Waals surface area contributed by atoms with Gasteiger partial charge in [0, 0.05) is 0 Å². The van der Waals surface area contributed by atoms with Crippen LogP contribution in [0.15, 0.2) is 59.5 Å². The second kappa shape index (κ2) is 11.3. The highest BCUT2D eigenvalue weighted by Crippen LogP contribution is 2.68. The van der Waals surface area contributed by atoms with Crippen molar-refractivity contribution in [3.8, 4) is 23.6 Å². The maximum absolute atomic E-state index is 14.3. The maximum atomic E-state index is 14.3. The topological polar surface area (TPSA) is 135 Å². The largest absolute Gasteiger partial charge is 0.494 e. The zero-order valence-electron chi connectivity index (χ0n) is 26.8. The first-order chi connectivity index (χ1) is 24.3. The van der Waals surface area contributed by atoms with Crippen LogP contribution in [0.1, 0.15) is 40.1 Å². The van der Waals surface area contributed by atoms with Crippen LogP contribution < -0.4 is 31.0 Å². The fourth-order valence-corrected chi connectivity index (χ4v) is 12.8. The van der Waals surface area contributed by atoms with Gasteiger partial charge >= 0.3 is 0 Å². The molecule has 244 valence electrons. The van der Waals surface area contributed by atoms with Crippen molar-refractivity contribution in [1.29, 1.82) is 10.5 Å². The number of ether oxygens (including phenoxy) is 2.